The second kappa shape index (κ2) is 8.54. The van der Waals surface area contributed by atoms with Gasteiger partial charge in [0.2, 0.25) is 5.75 Å². The Bertz CT molecular complexity index is 1460. The Hall–Kier alpha value is -4.94. The minimum atomic E-state index is -0.769. The molecule has 2 aromatic heterocycles. The summed E-state index contributed by atoms with van der Waals surface area (Å²) in [4.78, 5) is 45.8. The molecule has 2 aromatic carbocycles. The minimum Gasteiger partial charge on any atom is -0.450 e. The maximum atomic E-state index is 12.5. The van der Waals surface area contributed by atoms with Crippen LogP contribution in [0.15, 0.2) is 52.1 Å². The first-order valence-corrected chi connectivity index (χ1v) is 9.92. The molecule has 2 heterocycles. The summed E-state index contributed by atoms with van der Waals surface area (Å²) in [6, 6.07) is 9.40. The van der Waals surface area contributed by atoms with Crippen LogP contribution >= 0.6 is 0 Å². The summed E-state index contributed by atoms with van der Waals surface area (Å²) >= 11 is 0. The topological polar surface area (TPSA) is 193 Å². The van der Waals surface area contributed by atoms with Crippen molar-refractivity contribution in [2.75, 3.05) is 0 Å². The van der Waals surface area contributed by atoms with Crippen molar-refractivity contribution in [1.29, 1.82) is 0 Å². The molecule has 0 bridgehead atoms. The highest BCUT2D eigenvalue weighted by Crippen LogP contribution is 2.36. The zero-order chi connectivity index (χ0) is 24.6. The lowest BCUT2D eigenvalue weighted by Gasteiger charge is -2.16. The van der Waals surface area contributed by atoms with Crippen LogP contribution in [0.5, 0.6) is 11.5 Å². The molecular formula is C21H18N6O7. The molecular weight excluding hydrogens is 448 g/mol. The van der Waals surface area contributed by atoms with Gasteiger partial charge in [0.1, 0.15) is 5.75 Å². The summed E-state index contributed by atoms with van der Waals surface area (Å²) < 4.78 is 5.60. The molecule has 0 aliphatic rings. The number of rotatable bonds is 7. The van der Waals surface area contributed by atoms with E-state index in [9.17, 15) is 29.8 Å². The minimum absolute atomic E-state index is 0.171. The molecule has 0 spiro atoms. The fourth-order valence-corrected chi connectivity index (χ4v) is 3.79. The van der Waals surface area contributed by atoms with Gasteiger partial charge in [0.05, 0.1) is 27.0 Å². The quantitative estimate of drug-likeness (QED) is 0.237. The van der Waals surface area contributed by atoms with Crippen molar-refractivity contribution in [3.05, 3.63) is 111 Å². The van der Waals surface area contributed by atoms with Gasteiger partial charge in [-0.25, -0.2) is 0 Å². The third-order valence-corrected chi connectivity index (χ3v) is 5.39. The molecule has 4 aromatic rings. The Morgan fingerprint density at radius 1 is 0.794 bits per heavy atom. The van der Waals surface area contributed by atoms with E-state index >= 15 is 0 Å². The van der Waals surface area contributed by atoms with E-state index in [0.717, 1.165) is 18.2 Å². The Balaban J connectivity index is 1.74. The highest BCUT2D eigenvalue weighted by atomic mass is 16.6. The number of aryl methyl sites for hydroxylation is 2. The van der Waals surface area contributed by atoms with Crippen LogP contribution in [0.2, 0.25) is 0 Å². The summed E-state index contributed by atoms with van der Waals surface area (Å²) in [5.74, 6) is -0.651. The maximum Gasteiger partial charge on any atom is 0.318 e. The van der Waals surface area contributed by atoms with Gasteiger partial charge in [-0.05, 0) is 37.6 Å². The van der Waals surface area contributed by atoms with Gasteiger partial charge in [-0.2, -0.15) is 0 Å². The first-order valence-electron chi connectivity index (χ1n) is 9.92. The van der Waals surface area contributed by atoms with Gasteiger partial charge in [-0.1, -0.05) is 12.1 Å². The maximum absolute atomic E-state index is 12.5. The largest absolute Gasteiger partial charge is 0.450 e. The number of aromatic amines is 4. The number of nitrogens with zero attached hydrogens (tertiary/aromatic N) is 2. The number of nitrogens with one attached hydrogen (secondary N) is 4. The summed E-state index contributed by atoms with van der Waals surface area (Å²) in [7, 11) is 0. The monoisotopic (exact) mass is 466 g/mol. The third kappa shape index (κ3) is 3.97. The molecule has 0 amide bonds. The Morgan fingerprint density at radius 3 is 1.79 bits per heavy atom. The molecule has 4 N–H and O–H groups in total. The van der Waals surface area contributed by atoms with Crippen LogP contribution in [0.3, 0.4) is 0 Å². The number of ether oxygens (including phenoxy) is 1. The normalized spacial score (nSPS) is 11.0. The fraction of sp³-hybridized carbons (Fsp3) is 0.143. The van der Waals surface area contributed by atoms with E-state index in [1.165, 1.54) is 12.1 Å². The summed E-state index contributed by atoms with van der Waals surface area (Å²) in [5.41, 5.74) is 0.742. The van der Waals surface area contributed by atoms with Crippen molar-refractivity contribution in [2.45, 2.75) is 19.8 Å². The van der Waals surface area contributed by atoms with Crippen LogP contribution < -0.4 is 15.9 Å². The van der Waals surface area contributed by atoms with E-state index in [1.54, 1.807) is 26.0 Å². The molecule has 34 heavy (non-hydrogen) atoms. The summed E-state index contributed by atoms with van der Waals surface area (Å²) in [6.07, 6.45) is 0. The number of hydrogen-bond acceptors (Lipinski definition) is 7. The van der Waals surface area contributed by atoms with Crippen molar-refractivity contribution in [3.63, 3.8) is 0 Å². The second-order valence-electron chi connectivity index (χ2n) is 7.51. The predicted octanol–water partition coefficient (Wildman–Crippen LogP) is 3.13. The lowest BCUT2D eigenvalue weighted by Crippen LogP contribution is -2.20. The molecule has 4 rings (SSSR count). The molecule has 13 nitrogen and oxygen atoms in total. The Kier molecular flexibility index (Phi) is 5.59. The van der Waals surface area contributed by atoms with E-state index in [-0.39, 0.29) is 22.6 Å². The molecule has 13 heteroatoms. The van der Waals surface area contributed by atoms with E-state index in [4.69, 9.17) is 4.74 Å². The number of H-pyrrole nitrogens is 4. The van der Waals surface area contributed by atoms with Gasteiger partial charge in [-0.3, -0.25) is 40.0 Å². The van der Waals surface area contributed by atoms with Gasteiger partial charge in [-0.15, -0.1) is 0 Å². The van der Waals surface area contributed by atoms with Crippen LogP contribution in [0, 0.1) is 34.1 Å². The number of non-ortho nitro benzene ring substituents is 1. The average Bonchev–Trinajstić information content (AvgIpc) is 3.31. The predicted molar refractivity (Wildman–Crippen MR) is 120 cm³/mol. The summed E-state index contributed by atoms with van der Waals surface area (Å²) in [6.45, 7) is 3.42. The molecule has 0 aliphatic heterocycles. The van der Waals surface area contributed by atoms with Crippen LogP contribution in [0.1, 0.15) is 34.0 Å². The lowest BCUT2D eigenvalue weighted by molar-refractivity contribution is -0.394. The molecule has 0 radical (unpaired) electrons. The highest BCUT2D eigenvalue weighted by Gasteiger charge is 2.28. The van der Waals surface area contributed by atoms with Crippen molar-refractivity contribution in [1.82, 2.24) is 20.4 Å². The molecule has 0 saturated carbocycles. The Labute approximate surface area is 189 Å². The zero-order valence-electron chi connectivity index (χ0n) is 17.9. The third-order valence-electron chi connectivity index (χ3n) is 5.39. The van der Waals surface area contributed by atoms with Crippen LogP contribution in [0.4, 0.5) is 11.4 Å². The number of benzene rings is 2. The number of nitro benzene ring substituents is 2. The highest BCUT2D eigenvalue weighted by molar-refractivity contribution is 5.55. The van der Waals surface area contributed by atoms with E-state index in [1.807, 2.05) is 0 Å². The average molecular weight is 466 g/mol. The van der Waals surface area contributed by atoms with E-state index in [0.29, 0.717) is 28.1 Å². The van der Waals surface area contributed by atoms with Gasteiger partial charge >= 0.3 is 5.69 Å². The molecule has 174 valence electrons. The van der Waals surface area contributed by atoms with E-state index < -0.39 is 27.1 Å². The standard InChI is InChI=1S/C21H18N6O7/c1-10-17(20(28)24-22-10)19(18-11(2)23-25-21(18)29)12-3-6-14(7-4-12)34-16-8-5-13(26(30)31)9-15(16)27(32)33/h3-9,19H,1-2H3,(H2,22,24,28)(H2,23,25,29). The molecule has 0 saturated heterocycles. The summed E-state index contributed by atoms with van der Waals surface area (Å²) in [5, 5.41) is 32.9. The lowest BCUT2D eigenvalue weighted by atomic mass is 9.85. The van der Waals surface area contributed by atoms with Gasteiger partial charge in [0, 0.05) is 23.4 Å². The SMILES string of the molecule is Cc1[nH][nH]c(=O)c1C(c1ccc(Oc2ccc([N+](=O)[O-])cc2[N+](=O)[O-])cc1)c1c(C)[nH][nH]c1=O. The van der Waals surface area contributed by atoms with Crippen molar-refractivity contribution < 1.29 is 14.6 Å². The van der Waals surface area contributed by atoms with E-state index in [2.05, 4.69) is 20.4 Å². The molecule has 0 unspecified atom stereocenters. The van der Waals surface area contributed by atoms with Gasteiger partial charge < -0.3 is 14.9 Å². The molecule has 0 aliphatic carbocycles. The van der Waals surface area contributed by atoms with Crippen molar-refractivity contribution in [2.24, 2.45) is 0 Å². The number of nitro groups is 2. The number of aromatic nitrogens is 4. The molecule has 0 atom stereocenters. The van der Waals surface area contributed by atoms with Crippen molar-refractivity contribution in [3.8, 4) is 11.5 Å². The molecule has 0 fully saturated rings. The second-order valence-corrected chi connectivity index (χ2v) is 7.51. The van der Waals surface area contributed by atoms with Crippen LogP contribution in [0.25, 0.3) is 0 Å². The number of hydrogen-bond donors (Lipinski definition) is 4. The zero-order valence-corrected chi connectivity index (χ0v) is 17.9. The first kappa shape index (κ1) is 22.3. The smallest absolute Gasteiger partial charge is 0.318 e. The Morgan fingerprint density at radius 2 is 1.35 bits per heavy atom. The van der Waals surface area contributed by atoms with Crippen LogP contribution in [-0.2, 0) is 0 Å². The van der Waals surface area contributed by atoms with Gasteiger partial charge in [0.15, 0.2) is 0 Å². The van der Waals surface area contributed by atoms with Crippen LogP contribution in [-0.4, -0.2) is 30.2 Å². The van der Waals surface area contributed by atoms with Gasteiger partial charge in [0.25, 0.3) is 16.8 Å². The fourth-order valence-electron chi connectivity index (χ4n) is 3.79. The van der Waals surface area contributed by atoms with Crippen molar-refractivity contribution >= 4 is 11.4 Å². The first-order chi connectivity index (χ1) is 16.2.